The van der Waals surface area contributed by atoms with E-state index >= 15 is 0 Å². The van der Waals surface area contributed by atoms with Gasteiger partial charge >= 0.3 is 0 Å². The van der Waals surface area contributed by atoms with E-state index in [0.29, 0.717) is 42.3 Å². The van der Waals surface area contributed by atoms with Crippen molar-refractivity contribution in [3.63, 3.8) is 0 Å². The summed E-state index contributed by atoms with van der Waals surface area (Å²) in [5, 5.41) is 10.5. The third kappa shape index (κ3) is 4.32. The molecule has 0 spiro atoms. The van der Waals surface area contributed by atoms with Crippen LogP contribution >= 0.6 is 0 Å². The zero-order valence-corrected chi connectivity index (χ0v) is 15.6. The van der Waals surface area contributed by atoms with Crippen molar-refractivity contribution >= 4 is 28.5 Å². The zero-order chi connectivity index (χ0) is 20.0. The molecule has 7 nitrogen and oxygen atoms in total. The molecule has 0 atom stereocenters. The van der Waals surface area contributed by atoms with Gasteiger partial charge in [0.2, 0.25) is 0 Å². The Morgan fingerprint density at radius 2 is 1.56 bits per heavy atom. The molecule has 1 aliphatic heterocycles. The minimum Gasteiger partial charge on any atom is -0.274 e. The van der Waals surface area contributed by atoms with Crippen LogP contribution in [0.4, 0.5) is 0 Å². The lowest BCUT2D eigenvalue weighted by atomic mass is 9.94. The highest BCUT2D eigenvalue weighted by molar-refractivity contribution is 6.25. The van der Waals surface area contributed by atoms with Crippen LogP contribution in [0.1, 0.15) is 60.2 Å². The minimum atomic E-state index is -0.564. The number of hydrogen-bond donors (Lipinski definition) is 2. The number of nitrogens with two attached hydrogens (primary N) is 1. The van der Waals surface area contributed by atoms with Gasteiger partial charge < -0.3 is 0 Å². The maximum Gasteiger partial charge on any atom is 0.261 e. The van der Waals surface area contributed by atoms with Crippen LogP contribution < -0.4 is 5.84 Å². The number of amides is 3. The summed E-state index contributed by atoms with van der Waals surface area (Å²) in [4.78, 5) is 37.8. The first-order valence-corrected chi connectivity index (χ1v) is 9.15. The summed E-state index contributed by atoms with van der Waals surface area (Å²) in [5.41, 5.74) is 1.09. The van der Waals surface area contributed by atoms with Gasteiger partial charge in [0.15, 0.2) is 0 Å². The van der Waals surface area contributed by atoms with E-state index in [1.165, 1.54) is 4.90 Å². The second-order valence-corrected chi connectivity index (χ2v) is 6.02. The molecule has 0 bridgehead atoms. The maximum absolute atomic E-state index is 12.7. The van der Waals surface area contributed by atoms with E-state index in [1.54, 1.807) is 12.1 Å². The van der Waals surface area contributed by atoms with Crippen LogP contribution in [-0.4, -0.2) is 39.5 Å². The molecule has 1 aliphatic rings. The van der Waals surface area contributed by atoms with E-state index < -0.39 is 5.91 Å². The Kier molecular flexibility index (Phi) is 7.04. The van der Waals surface area contributed by atoms with Gasteiger partial charge in [-0.15, -0.1) is 0 Å². The van der Waals surface area contributed by atoms with Crippen LogP contribution in [0.15, 0.2) is 36.4 Å². The Hall–Kier alpha value is -2.77. The van der Waals surface area contributed by atoms with Gasteiger partial charge in [-0.1, -0.05) is 44.5 Å². The highest BCUT2D eigenvalue weighted by Gasteiger charge is 2.31. The lowest BCUT2D eigenvalue weighted by Crippen LogP contribution is -2.40. The van der Waals surface area contributed by atoms with Crippen molar-refractivity contribution in [2.24, 2.45) is 5.84 Å². The Morgan fingerprint density at radius 3 is 2.07 bits per heavy atom. The van der Waals surface area contributed by atoms with Crippen LogP contribution in [-0.2, 0) is 4.79 Å². The molecular weight excluding hydrogens is 346 g/mol. The Labute approximate surface area is 158 Å². The first-order chi connectivity index (χ1) is 13.0. The van der Waals surface area contributed by atoms with Gasteiger partial charge in [0.25, 0.3) is 17.7 Å². The predicted molar refractivity (Wildman–Crippen MR) is 102 cm³/mol. The molecule has 0 aliphatic carbocycles. The summed E-state index contributed by atoms with van der Waals surface area (Å²) in [5.74, 6) is 3.80. The zero-order valence-electron chi connectivity index (χ0n) is 15.6. The van der Waals surface area contributed by atoms with Crippen molar-refractivity contribution in [2.75, 3.05) is 6.54 Å². The molecule has 3 amide bonds. The third-order valence-electron chi connectivity index (χ3n) is 4.38. The molecule has 2 aromatic rings. The van der Waals surface area contributed by atoms with E-state index in [4.69, 9.17) is 11.0 Å². The van der Waals surface area contributed by atoms with Crippen molar-refractivity contribution in [2.45, 2.75) is 39.5 Å². The second kappa shape index (κ2) is 9.25. The molecule has 0 fully saturated rings. The van der Waals surface area contributed by atoms with Gasteiger partial charge in [-0.2, -0.15) is 5.17 Å². The second-order valence-electron chi connectivity index (χ2n) is 6.02. The van der Waals surface area contributed by atoms with Gasteiger partial charge in [-0.3, -0.25) is 24.5 Å². The van der Waals surface area contributed by atoms with Crippen molar-refractivity contribution < 1.29 is 19.6 Å². The summed E-state index contributed by atoms with van der Waals surface area (Å²) < 4.78 is 0. The third-order valence-corrected chi connectivity index (χ3v) is 4.38. The quantitative estimate of drug-likeness (QED) is 0.203. The lowest BCUT2D eigenvalue weighted by Gasteiger charge is -2.27. The average molecular weight is 371 g/mol. The van der Waals surface area contributed by atoms with E-state index in [2.05, 4.69) is 0 Å². The van der Waals surface area contributed by atoms with Gasteiger partial charge in [0.1, 0.15) is 0 Å². The molecule has 0 radical (unpaired) electrons. The summed E-state index contributed by atoms with van der Waals surface area (Å²) in [6.07, 6.45) is 1.87. The van der Waals surface area contributed by atoms with E-state index in [-0.39, 0.29) is 23.4 Å². The molecule has 3 rings (SSSR count). The molecule has 1 heterocycles. The van der Waals surface area contributed by atoms with Crippen LogP contribution in [0.25, 0.3) is 10.8 Å². The van der Waals surface area contributed by atoms with Crippen LogP contribution in [0.2, 0.25) is 0 Å². The van der Waals surface area contributed by atoms with E-state index in [9.17, 15) is 14.4 Å². The molecule has 0 aromatic heterocycles. The largest absolute Gasteiger partial charge is 0.274 e. The Morgan fingerprint density at radius 1 is 1.00 bits per heavy atom. The number of benzene rings is 2. The fourth-order valence-corrected chi connectivity index (χ4v) is 3.12. The van der Waals surface area contributed by atoms with Gasteiger partial charge in [-0.25, -0.2) is 5.84 Å². The lowest BCUT2D eigenvalue weighted by molar-refractivity contribution is -0.166. The number of hydrogen-bond acceptors (Lipinski definition) is 5. The number of hydrazine groups is 1. The van der Waals surface area contributed by atoms with Crippen molar-refractivity contribution in [3.8, 4) is 0 Å². The highest BCUT2D eigenvalue weighted by Crippen LogP contribution is 2.30. The van der Waals surface area contributed by atoms with E-state index in [1.807, 2.05) is 38.1 Å². The number of carbonyl (C=O) groups excluding carboxylic acids is 3. The van der Waals surface area contributed by atoms with Gasteiger partial charge in [-0.05, 0) is 30.4 Å². The topological polar surface area (TPSA) is 104 Å². The number of imide groups is 1. The molecule has 0 saturated heterocycles. The first-order valence-electron chi connectivity index (χ1n) is 9.15. The standard InChI is InChI=1S/C18H19N3O4.C2H6/c19-21(25)15(22)10-2-1-3-11-20-17(23)13-8-4-6-12-7-5-9-14(16(12)13)18(20)24;1-2/h4-9,25H,1-3,10-11,19H2;1-2H3. The molecule has 0 unspecified atom stereocenters. The average Bonchev–Trinajstić information content (AvgIpc) is 2.69. The fourth-order valence-electron chi connectivity index (χ4n) is 3.12. The number of rotatable bonds is 6. The summed E-state index contributed by atoms with van der Waals surface area (Å²) >= 11 is 0. The molecule has 3 N–H and O–H groups in total. The predicted octanol–water partition coefficient (Wildman–Crippen LogP) is 3.11. The van der Waals surface area contributed by atoms with Crippen LogP contribution in [0.5, 0.6) is 0 Å². The van der Waals surface area contributed by atoms with Gasteiger partial charge in [0, 0.05) is 29.5 Å². The molecule has 0 saturated carbocycles. The molecular formula is C20H25N3O4. The Bertz CT molecular complexity index is 797. The van der Waals surface area contributed by atoms with Crippen molar-refractivity contribution in [1.29, 1.82) is 0 Å². The molecule has 27 heavy (non-hydrogen) atoms. The van der Waals surface area contributed by atoms with Gasteiger partial charge in [0.05, 0.1) is 0 Å². The van der Waals surface area contributed by atoms with Crippen LogP contribution in [0.3, 0.4) is 0 Å². The van der Waals surface area contributed by atoms with Crippen LogP contribution in [0, 0.1) is 0 Å². The molecule has 2 aromatic carbocycles. The maximum atomic E-state index is 12.7. The monoisotopic (exact) mass is 371 g/mol. The highest BCUT2D eigenvalue weighted by atomic mass is 16.5. The fraction of sp³-hybridized carbons (Fsp3) is 0.350. The summed E-state index contributed by atoms with van der Waals surface area (Å²) in [6.45, 7) is 4.29. The summed E-state index contributed by atoms with van der Waals surface area (Å²) in [6, 6.07) is 10.9. The first kappa shape index (κ1) is 20.5. The normalized spacial score (nSPS) is 12.7. The molecule has 7 heteroatoms. The number of carbonyl (C=O) groups is 3. The summed E-state index contributed by atoms with van der Waals surface area (Å²) in [7, 11) is 0. The number of unbranched alkanes of at least 4 members (excludes halogenated alkanes) is 2. The number of hydroxylamine groups is 1. The Balaban J connectivity index is 0.00000126. The van der Waals surface area contributed by atoms with Crippen molar-refractivity contribution in [3.05, 3.63) is 47.5 Å². The van der Waals surface area contributed by atoms with Crippen molar-refractivity contribution in [1.82, 2.24) is 10.1 Å². The smallest absolute Gasteiger partial charge is 0.261 e. The minimum absolute atomic E-state index is 0.0786. The SMILES string of the molecule is CC.NN(O)C(=O)CCCCCN1C(=O)c2cccc3cccc(c23)C1=O. The number of nitrogens with zero attached hydrogens (tertiary/aromatic N) is 2. The van der Waals surface area contributed by atoms with E-state index in [0.717, 1.165) is 5.39 Å². The molecule has 144 valence electrons.